The Bertz CT molecular complexity index is 823. The van der Waals surface area contributed by atoms with E-state index in [1.807, 2.05) is 0 Å². The molecule has 6 nitrogen and oxygen atoms in total. The maximum Gasteiger partial charge on any atom is 0.243 e. The number of anilines is 2. The van der Waals surface area contributed by atoms with Crippen molar-refractivity contribution in [1.82, 2.24) is 0 Å². The minimum atomic E-state index is -0.271. The van der Waals surface area contributed by atoms with E-state index in [0.29, 0.717) is 46.7 Å². The smallest absolute Gasteiger partial charge is 0.243 e. The van der Waals surface area contributed by atoms with Crippen LogP contribution in [0.5, 0.6) is 11.5 Å². The SMILES string of the molecule is CC(=O)c1cccc(NCC(=O)Nc2cc3c(cc2Cl)OCCO3)c1. The molecule has 0 bridgehead atoms. The number of ether oxygens (including phenoxy) is 2. The average Bonchev–Trinajstić information content (AvgIpc) is 2.61. The number of ketones is 1. The Morgan fingerprint density at radius 1 is 1.12 bits per heavy atom. The highest BCUT2D eigenvalue weighted by molar-refractivity contribution is 6.34. The van der Waals surface area contributed by atoms with Crippen LogP contribution >= 0.6 is 11.6 Å². The molecule has 0 saturated heterocycles. The predicted molar refractivity (Wildman–Crippen MR) is 96.0 cm³/mol. The van der Waals surface area contributed by atoms with Crippen LogP contribution in [0.25, 0.3) is 0 Å². The van der Waals surface area contributed by atoms with Gasteiger partial charge in [-0.2, -0.15) is 0 Å². The van der Waals surface area contributed by atoms with Gasteiger partial charge in [0.05, 0.1) is 17.3 Å². The van der Waals surface area contributed by atoms with Crippen LogP contribution in [0.4, 0.5) is 11.4 Å². The van der Waals surface area contributed by atoms with E-state index in [2.05, 4.69) is 10.6 Å². The van der Waals surface area contributed by atoms with Gasteiger partial charge in [-0.15, -0.1) is 0 Å². The Morgan fingerprint density at radius 3 is 2.56 bits per heavy atom. The van der Waals surface area contributed by atoms with Crippen LogP contribution in [-0.2, 0) is 4.79 Å². The summed E-state index contributed by atoms with van der Waals surface area (Å²) >= 11 is 6.17. The first-order valence-corrected chi connectivity index (χ1v) is 8.14. The number of benzene rings is 2. The van der Waals surface area contributed by atoms with Crippen molar-refractivity contribution in [2.75, 3.05) is 30.4 Å². The van der Waals surface area contributed by atoms with E-state index in [9.17, 15) is 9.59 Å². The lowest BCUT2D eigenvalue weighted by atomic mass is 10.1. The molecule has 2 aromatic rings. The molecule has 0 unspecified atom stereocenters. The quantitative estimate of drug-likeness (QED) is 0.799. The highest BCUT2D eigenvalue weighted by Crippen LogP contribution is 2.37. The molecule has 1 amide bonds. The molecular formula is C18H17ClN2O4. The molecule has 25 heavy (non-hydrogen) atoms. The van der Waals surface area contributed by atoms with Gasteiger partial charge < -0.3 is 20.1 Å². The Labute approximate surface area is 150 Å². The summed E-state index contributed by atoms with van der Waals surface area (Å²) in [6.07, 6.45) is 0. The highest BCUT2D eigenvalue weighted by atomic mass is 35.5. The maximum absolute atomic E-state index is 12.2. The molecule has 0 fully saturated rings. The van der Waals surface area contributed by atoms with Crippen molar-refractivity contribution in [1.29, 1.82) is 0 Å². The lowest BCUT2D eigenvalue weighted by molar-refractivity contribution is -0.114. The molecule has 3 rings (SSSR count). The largest absolute Gasteiger partial charge is 0.486 e. The van der Waals surface area contributed by atoms with Crippen LogP contribution in [-0.4, -0.2) is 31.4 Å². The van der Waals surface area contributed by atoms with Crippen LogP contribution in [0.1, 0.15) is 17.3 Å². The van der Waals surface area contributed by atoms with Crippen molar-refractivity contribution < 1.29 is 19.1 Å². The number of fused-ring (bicyclic) bond motifs is 1. The number of halogens is 1. The fourth-order valence-corrected chi connectivity index (χ4v) is 2.59. The van der Waals surface area contributed by atoms with Gasteiger partial charge in [0, 0.05) is 23.4 Å². The molecule has 1 aliphatic rings. The van der Waals surface area contributed by atoms with E-state index < -0.39 is 0 Å². The van der Waals surface area contributed by atoms with Crippen LogP contribution in [0.3, 0.4) is 0 Å². The second kappa shape index (κ2) is 7.44. The molecule has 7 heteroatoms. The number of amides is 1. The average molecular weight is 361 g/mol. The zero-order valence-corrected chi connectivity index (χ0v) is 14.4. The van der Waals surface area contributed by atoms with Crippen molar-refractivity contribution in [3.63, 3.8) is 0 Å². The van der Waals surface area contributed by atoms with Crippen molar-refractivity contribution in [3.05, 3.63) is 47.0 Å². The van der Waals surface area contributed by atoms with E-state index in [-0.39, 0.29) is 18.2 Å². The summed E-state index contributed by atoms with van der Waals surface area (Å²) in [5, 5.41) is 6.08. The number of rotatable bonds is 5. The van der Waals surface area contributed by atoms with Gasteiger partial charge in [-0.3, -0.25) is 9.59 Å². The summed E-state index contributed by atoms with van der Waals surface area (Å²) < 4.78 is 10.9. The summed E-state index contributed by atoms with van der Waals surface area (Å²) in [5.74, 6) is 0.810. The van der Waals surface area contributed by atoms with Gasteiger partial charge in [0.1, 0.15) is 13.2 Å². The molecule has 2 aromatic carbocycles. The van der Waals surface area contributed by atoms with E-state index in [0.717, 1.165) is 0 Å². The zero-order chi connectivity index (χ0) is 17.8. The first-order valence-electron chi connectivity index (χ1n) is 7.77. The molecule has 0 aliphatic carbocycles. The Morgan fingerprint density at radius 2 is 1.84 bits per heavy atom. The second-order valence-corrected chi connectivity index (χ2v) is 5.92. The summed E-state index contributed by atoms with van der Waals surface area (Å²) in [6, 6.07) is 10.2. The molecule has 0 saturated carbocycles. The van der Waals surface area contributed by atoms with E-state index in [1.54, 1.807) is 36.4 Å². The first kappa shape index (κ1) is 17.1. The Kier molecular flexibility index (Phi) is 5.09. The third-order valence-corrected chi connectivity index (χ3v) is 3.94. The number of hydrogen-bond donors (Lipinski definition) is 2. The molecule has 0 spiro atoms. The molecule has 130 valence electrons. The molecular weight excluding hydrogens is 344 g/mol. The van der Waals surface area contributed by atoms with Crippen LogP contribution in [0.15, 0.2) is 36.4 Å². The molecule has 2 N–H and O–H groups in total. The number of Topliss-reactive ketones (excluding diaryl/α,β-unsaturated/α-hetero) is 1. The Balaban J connectivity index is 1.63. The normalized spacial score (nSPS) is 12.4. The third-order valence-electron chi connectivity index (χ3n) is 3.63. The monoisotopic (exact) mass is 360 g/mol. The van der Waals surface area contributed by atoms with Crippen LogP contribution < -0.4 is 20.1 Å². The fraction of sp³-hybridized carbons (Fsp3) is 0.222. The number of hydrogen-bond acceptors (Lipinski definition) is 5. The third kappa shape index (κ3) is 4.22. The number of carbonyl (C=O) groups excluding carboxylic acids is 2. The first-order chi connectivity index (χ1) is 12.0. The summed E-state index contributed by atoms with van der Waals surface area (Å²) in [4.78, 5) is 23.5. The van der Waals surface area contributed by atoms with Gasteiger partial charge in [0.2, 0.25) is 5.91 Å². The highest BCUT2D eigenvalue weighted by Gasteiger charge is 2.16. The van der Waals surface area contributed by atoms with Gasteiger partial charge in [0.15, 0.2) is 17.3 Å². The van der Waals surface area contributed by atoms with Crippen molar-refractivity contribution in [2.45, 2.75) is 6.92 Å². The minimum Gasteiger partial charge on any atom is -0.486 e. The van der Waals surface area contributed by atoms with Crippen molar-refractivity contribution >= 4 is 34.7 Å². The van der Waals surface area contributed by atoms with Crippen molar-refractivity contribution in [3.8, 4) is 11.5 Å². The zero-order valence-electron chi connectivity index (χ0n) is 13.6. The standard InChI is InChI=1S/C18H17ClN2O4/c1-11(22)12-3-2-4-13(7-12)20-10-18(23)21-15-9-17-16(8-14(15)19)24-5-6-25-17/h2-4,7-9,20H,5-6,10H2,1H3,(H,21,23). The molecule has 1 heterocycles. The summed E-state index contributed by atoms with van der Waals surface area (Å²) in [5.41, 5.74) is 1.73. The van der Waals surface area contributed by atoms with Crippen LogP contribution in [0.2, 0.25) is 5.02 Å². The van der Waals surface area contributed by atoms with E-state index in [4.69, 9.17) is 21.1 Å². The molecule has 0 aromatic heterocycles. The molecule has 0 radical (unpaired) electrons. The van der Waals surface area contributed by atoms with E-state index >= 15 is 0 Å². The lowest BCUT2D eigenvalue weighted by Gasteiger charge is -2.20. The van der Waals surface area contributed by atoms with Crippen LogP contribution in [0, 0.1) is 0 Å². The second-order valence-electron chi connectivity index (χ2n) is 5.51. The lowest BCUT2D eigenvalue weighted by Crippen LogP contribution is -2.22. The molecule has 0 atom stereocenters. The maximum atomic E-state index is 12.2. The molecule has 1 aliphatic heterocycles. The van der Waals surface area contributed by atoms with Gasteiger partial charge in [-0.05, 0) is 19.1 Å². The van der Waals surface area contributed by atoms with E-state index in [1.165, 1.54) is 6.92 Å². The summed E-state index contributed by atoms with van der Waals surface area (Å²) in [7, 11) is 0. The van der Waals surface area contributed by atoms with Crippen molar-refractivity contribution in [2.24, 2.45) is 0 Å². The van der Waals surface area contributed by atoms with Gasteiger partial charge in [-0.25, -0.2) is 0 Å². The fourth-order valence-electron chi connectivity index (χ4n) is 2.38. The number of nitrogens with one attached hydrogen (secondary N) is 2. The predicted octanol–water partition coefficient (Wildman–Crippen LogP) is 3.36. The summed E-state index contributed by atoms with van der Waals surface area (Å²) in [6.45, 7) is 2.45. The van der Waals surface area contributed by atoms with Gasteiger partial charge in [0.25, 0.3) is 0 Å². The minimum absolute atomic E-state index is 0.0313. The number of carbonyl (C=O) groups is 2. The Hall–Kier alpha value is -2.73. The van der Waals surface area contributed by atoms with Gasteiger partial charge >= 0.3 is 0 Å². The van der Waals surface area contributed by atoms with Gasteiger partial charge in [-0.1, -0.05) is 23.7 Å². The topological polar surface area (TPSA) is 76.7 Å².